The summed E-state index contributed by atoms with van der Waals surface area (Å²) in [5.41, 5.74) is 1.44. The highest BCUT2D eigenvalue weighted by atomic mass is 32.1. The fraction of sp³-hybridized carbons (Fsp3) is 0.800. The predicted octanol–water partition coefficient (Wildman–Crippen LogP) is 3.92. The number of aromatic nitrogens is 1. The van der Waals surface area contributed by atoms with E-state index in [4.69, 9.17) is 4.98 Å². The van der Waals surface area contributed by atoms with E-state index in [1.54, 1.807) is 0 Å². The first-order chi connectivity index (χ1) is 8.65. The zero-order chi connectivity index (χ0) is 12.8. The van der Waals surface area contributed by atoms with Gasteiger partial charge in [0.2, 0.25) is 0 Å². The molecular weight excluding hydrogens is 240 g/mol. The monoisotopic (exact) mass is 264 g/mol. The lowest BCUT2D eigenvalue weighted by molar-refractivity contribution is 0.236. The third-order valence-electron chi connectivity index (χ3n) is 4.76. The summed E-state index contributed by atoms with van der Waals surface area (Å²) in [5.74, 6) is 0.781. The van der Waals surface area contributed by atoms with E-state index < -0.39 is 0 Å². The summed E-state index contributed by atoms with van der Waals surface area (Å²) >= 11 is 1.93. The van der Waals surface area contributed by atoms with Gasteiger partial charge < -0.3 is 5.32 Å². The van der Waals surface area contributed by atoms with E-state index in [0.29, 0.717) is 0 Å². The van der Waals surface area contributed by atoms with Crippen LogP contribution in [0.4, 0.5) is 0 Å². The topological polar surface area (TPSA) is 24.9 Å². The van der Waals surface area contributed by atoms with E-state index in [2.05, 4.69) is 26.1 Å². The minimum atomic E-state index is 0.208. The van der Waals surface area contributed by atoms with Crippen molar-refractivity contribution in [3.05, 3.63) is 15.6 Å². The Kier molecular flexibility index (Phi) is 3.23. The van der Waals surface area contributed by atoms with Crippen LogP contribution < -0.4 is 5.32 Å². The average Bonchev–Trinajstić information content (AvgIpc) is 2.95. The Morgan fingerprint density at radius 1 is 1.33 bits per heavy atom. The maximum absolute atomic E-state index is 4.90. The van der Waals surface area contributed by atoms with Gasteiger partial charge in [0, 0.05) is 10.9 Å². The summed E-state index contributed by atoms with van der Waals surface area (Å²) in [6, 6.07) is 0.765. The van der Waals surface area contributed by atoms with E-state index in [0.717, 1.165) is 12.0 Å². The zero-order valence-corrected chi connectivity index (χ0v) is 12.6. The molecule has 0 aliphatic heterocycles. The van der Waals surface area contributed by atoms with E-state index in [1.165, 1.54) is 54.1 Å². The maximum atomic E-state index is 4.90. The molecule has 2 aliphatic rings. The number of nitrogens with one attached hydrogen (secondary N) is 1. The Morgan fingerprint density at radius 2 is 2.11 bits per heavy atom. The smallest absolute Gasteiger partial charge is 0.114 e. The van der Waals surface area contributed by atoms with Gasteiger partial charge in [-0.25, -0.2) is 4.98 Å². The van der Waals surface area contributed by atoms with Gasteiger partial charge >= 0.3 is 0 Å². The van der Waals surface area contributed by atoms with Crippen LogP contribution in [0.5, 0.6) is 0 Å². The molecule has 1 heterocycles. The Balaban J connectivity index is 1.97. The summed E-state index contributed by atoms with van der Waals surface area (Å²) in [5, 5.41) is 5.34. The third kappa shape index (κ3) is 2.01. The van der Waals surface area contributed by atoms with Gasteiger partial charge in [-0.2, -0.15) is 0 Å². The number of nitrogens with zero attached hydrogens (tertiary/aromatic N) is 1. The van der Waals surface area contributed by atoms with Gasteiger partial charge in [-0.15, -0.1) is 11.3 Å². The second kappa shape index (κ2) is 4.61. The van der Waals surface area contributed by atoms with Gasteiger partial charge in [-0.3, -0.25) is 0 Å². The van der Waals surface area contributed by atoms with E-state index in [1.807, 2.05) is 11.3 Å². The lowest BCUT2D eigenvalue weighted by Crippen LogP contribution is -2.46. The summed E-state index contributed by atoms with van der Waals surface area (Å²) < 4.78 is 0. The van der Waals surface area contributed by atoms with Crippen molar-refractivity contribution >= 4 is 11.3 Å². The normalized spacial score (nSPS) is 32.1. The fourth-order valence-electron chi connectivity index (χ4n) is 3.42. The Labute approximate surface area is 114 Å². The second-order valence-electron chi connectivity index (χ2n) is 6.05. The molecule has 1 N–H and O–H groups in total. The third-order valence-corrected chi connectivity index (χ3v) is 6.01. The lowest BCUT2D eigenvalue weighted by Gasteiger charge is -2.35. The first kappa shape index (κ1) is 12.6. The molecule has 0 saturated heterocycles. The van der Waals surface area contributed by atoms with Crippen molar-refractivity contribution in [3.8, 4) is 0 Å². The van der Waals surface area contributed by atoms with Crippen LogP contribution in [0.1, 0.15) is 61.0 Å². The van der Waals surface area contributed by atoms with Crippen molar-refractivity contribution in [2.45, 2.75) is 70.9 Å². The van der Waals surface area contributed by atoms with Gasteiger partial charge in [-0.1, -0.05) is 19.8 Å². The quantitative estimate of drug-likeness (QED) is 0.891. The Morgan fingerprint density at radius 3 is 2.67 bits per heavy atom. The number of aryl methyl sites for hydroxylation is 2. The van der Waals surface area contributed by atoms with Gasteiger partial charge in [0.05, 0.1) is 11.2 Å². The predicted molar refractivity (Wildman–Crippen MR) is 77.1 cm³/mol. The molecule has 0 radical (unpaired) electrons. The lowest BCUT2D eigenvalue weighted by atomic mass is 9.85. The molecule has 0 bridgehead atoms. The summed E-state index contributed by atoms with van der Waals surface area (Å²) in [6.45, 7) is 6.69. The number of hydrogen-bond acceptors (Lipinski definition) is 3. The van der Waals surface area contributed by atoms with Crippen molar-refractivity contribution in [1.82, 2.24) is 10.3 Å². The highest BCUT2D eigenvalue weighted by molar-refractivity contribution is 7.11. The second-order valence-corrected chi connectivity index (χ2v) is 7.25. The molecule has 2 atom stereocenters. The van der Waals surface area contributed by atoms with Crippen molar-refractivity contribution in [2.24, 2.45) is 5.92 Å². The average molecular weight is 264 g/mol. The van der Waals surface area contributed by atoms with Crippen molar-refractivity contribution in [2.75, 3.05) is 0 Å². The minimum absolute atomic E-state index is 0.208. The SMILES string of the molecule is CCC1CCCC1(NC1CC1)c1nc(C)c(C)s1. The molecule has 2 saturated carbocycles. The van der Waals surface area contributed by atoms with E-state index in [9.17, 15) is 0 Å². The van der Waals surface area contributed by atoms with Crippen LogP contribution in [-0.4, -0.2) is 11.0 Å². The molecule has 100 valence electrons. The first-order valence-electron chi connectivity index (χ1n) is 7.38. The van der Waals surface area contributed by atoms with Gasteiger partial charge in [0.1, 0.15) is 5.01 Å². The zero-order valence-electron chi connectivity index (χ0n) is 11.8. The molecule has 2 fully saturated rings. The molecular formula is C15H24N2S. The van der Waals surface area contributed by atoms with Gasteiger partial charge in [0.25, 0.3) is 0 Å². The molecule has 0 aromatic carbocycles. The van der Waals surface area contributed by atoms with E-state index in [-0.39, 0.29) is 5.54 Å². The van der Waals surface area contributed by atoms with Crippen LogP contribution in [0.2, 0.25) is 0 Å². The molecule has 2 aliphatic carbocycles. The van der Waals surface area contributed by atoms with Crippen LogP contribution in [0.3, 0.4) is 0 Å². The summed E-state index contributed by atoms with van der Waals surface area (Å²) in [4.78, 5) is 6.29. The largest absolute Gasteiger partial charge is 0.302 e. The highest BCUT2D eigenvalue weighted by Gasteiger charge is 2.48. The van der Waals surface area contributed by atoms with Crippen molar-refractivity contribution < 1.29 is 0 Å². The molecule has 18 heavy (non-hydrogen) atoms. The molecule has 0 spiro atoms. The van der Waals surface area contributed by atoms with Crippen LogP contribution >= 0.6 is 11.3 Å². The van der Waals surface area contributed by atoms with E-state index >= 15 is 0 Å². The number of rotatable bonds is 4. The molecule has 1 aromatic heterocycles. The molecule has 2 nitrogen and oxygen atoms in total. The maximum Gasteiger partial charge on any atom is 0.114 e. The number of hydrogen-bond donors (Lipinski definition) is 1. The Hall–Kier alpha value is -0.410. The number of thiazole rings is 1. The van der Waals surface area contributed by atoms with Crippen molar-refractivity contribution in [3.63, 3.8) is 0 Å². The van der Waals surface area contributed by atoms with Gasteiger partial charge in [0.15, 0.2) is 0 Å². The molecule has 2 unspecified atom stereocenters. The van der Waals surface area contributed by atoms with Crippen molar-refractivity contribution in [1.29, 1.82) is 0 Å². The minimum Gasteiger partial charge on any atom is -0.302 e. The molecule has 3 heteroatoms. The van der Waals surface area contributed by atoms with Gasteiger partial charge in [-0.05, 0) is 45.4 Å². The van der Waals surface area contributed by atoms with Crippen LogP contribution in [0.25, 0.3) is 0 Å². The fourth-order valence-corrected chi connectivity index (χ4v) is 4.59. The highest BCUT2D eigenvalue weighted by Crippen LogP contribution is 2.48. The Bertz CT molecular complexity index is 416. The summed E-state index contributed by atoms with van der Waals surface area (Å²) in [6.07, 6.45) is 8.01. The van der Waals surface area contributed by atoms with Crippen LogP contribution in [0.15, 0.2) is 0 Å². The molecule has 1 aromatic rings. The molecule has 3 rings (SSSR count). The first-order valence-corrected chi connectivity index (χ1v) is 8.19. The van der Waals surface area contributed by atoms with Crippen LogP contribution in [0, 0.1) is 19.8 Å². The molecule has 0 amide bonds. The summed E-state index contributed by atoms with van der Waals surface area (Å²) in [7, 11) is 0. The standard InChI is InChI=1S/C15H24N2S/c1-4-12-6-5-9-15(12,17-13-7-8-13)14-16-10(2)11(3)18-14/h12-13,17H,4-9H2,1-3H3. The van der Waals surface area contributed by atoms with Crippen LogP contribution in [-0.2, 0) is 5.54 Å².